The van der Waals surface area contributed by atoms with E-state index >= 15 is 0 Å². The topological polar surface area (TPSA) is 54.9 Å². The van der Waals surface area contributed by atoms with Gasteiger partial charge in [0.05, 0.1) is 5.69 Å². The zero-order valence-corrected chi connectivity index (χ0v) is 11.5. The molecule has 1 aromatic heterocycles. The summed E-state index contributed by atoms with van der Waals surface area (Å²) < 4.78 is 13.1. The zero-order valence-electron chi connectivity index (χ0n) is 11.5. The Balaban J connectivity index is 1.76. The maximum Gasteiger partial charge on any atom is 0.276 e. The Morgan fingerprint density at radius 1 is 0.909 bits per heavy atom. The quantitative estimate of drug-likeness (QED) is 0.803. The summed E-state index contributed by atoms with van der Waals surface area (Å²) in [4.78, 5) is 12.0. The van der Waals surface area contributed by atoms with Gasteiger partial charge >= 0.3 is 0 Å². The number of carbonyl (C=O) groups excluding carboxylic acids is 1. The highest BCUT2D eigenvalue weighted by atomic mass is 19.1. The first-order valence-corrected chi connectivity index (χ1v) is 6.68. The van der Waals surface area contributed by atoms with Crippen LogP contribution in [-0.2, 0) is 0 Å². The van der Waals surface area contributed by atoms with Gasteiger partial charge in [-0.05, 0) is 30.3 Å². The molecule has 3 aromatic rings. The van der Waals surface area contributed by atoms with Crippen molar-refractivity contribution in [3.05, 3.63) is 78.2 Å². The lowest BCUT2D eigenvalue weighted by atomic mass is 10.1. The van der Waals surface area contributed by atoms with E-state index in [1.807, 2.05) is 30.3 Å². The van der Waals surface area contributed by atoms with Crippen LogP contribution in [-0.4, -0.2) is 16.1 Å². The van der Waals surface area contributed by atoms with E-state index in [1.165, 1.54) is 18.2 Å². The number of benzene rings is 2. The van der Waals surface area contributed by atoms with Crippen molar-refractivity contribution >= 4 is 11.6 Å². The van der Waals surface area contributed by atoms with Crippen molar-refractivity contribution in [3.8, 4) is 11.3 Å². The van der Waals surface area contributed by atoms with E-state index in [4.69, 9.17) is 0 Å². The van der Waals surface area contributed by atoms with Crippen molar-refractivity contribution in [1.82, 2.24) is 10.2 Å². The second kappa shape index (κ2) is 6.13. The molecule has 5 heteroatoms. The average molecular weight is 293 g/mol. The molecular formula is C17H12FN3O. The summed E-state index contributed by atoms with van der Waals surface area (Å²) in [6.45, 7) is 0. The minimum absolute atomic E-state index is 0.170. The lowest BCUT2D eigenvalue weighted by molar-refractivity contribution is 0.102. The molecule has 0 saturated carbocycles. The Labute approximate surface area is 126 Å². The molecule has 3 rings (SSSR count). The maximum atomic E-state index is 13.1. The van der Waals surface area contributed by atoms with Crippen molar-refractivity contribution < 1.29 is 9.18 Å². The molecule has 1 amide bonds. The lowest BCUT2D eigenvalue weighted by Crippen LogP contribution is -2.14. The fraction of sp³-hybridized carbons (Fsp3) is 0. The number of hydrogen-bond acceptors (Lipinski definition) is 3. The largest absolute Gasteiger partial charge is 0.320 e. The minimum atomic E-state index is -0.433. The third kappa shape index (κ3) is 3.15. The first kappa shape index (κ1) is 13.9. The monoisotopic (exact) mass is 293 g/mol. The molecule has 0 aliphatic rings. The van der Waals surface area contributed by atoms with Gasteiger partial charge in [-0.1, -0.05) is 36.4 Å². The summed E-state index contributed by atoms with van der Waals surface area (Å²) in [5.74, 6) is -0.846. The van der Waals surface area contributed by atoms with Gasteiger partial charge in [-0.3, -0.25) is 4.79 Å². The number of aromatic nitrogens is 2. The van der Waals surface area contributed by atoms with E-state index < -0.39 is 11.7 Å². The lowest BCUT2D eigenvalue weighted by Gasteiger charge is -2.05. The van der Waals surface area contributed by atoms with Crippen LogP contribution in [0.1, 0.15) is 10.5 Å². The van der Waals surface area contributed by atoms with Crippen molar-refractivity contribution in [2.24, 2.45) is 0 Å². The number of anilines is 1. The molecule has 0 aliphatic carbocycles. The average Bonchev–Trinajstić information content (AvgIpc) is 2.56. The van der Waals surface area contributed by atoms with Gasteiger partial charge in [-0.15, -0.1) is 10.2 Å². The molecule has 0 spiro atoms. The summed E-state index contributed by atoms with van der Waals surface area (Å²) in [5, 5.41) is 10.5. The van der Waals surface area contributed by atoms with Gasteiger partial charge in [0.2, 0.25) is 0 Å². The Morgan fingerprint density at radius 2 is 1.73 bits per heavy atom. The molecular weight excluding hydrogens is 281 g/mol. The predicted molar refractivity (Wildman–Crippen MR) is 81.8 cm³/mol. The SMILES string of the molecule is O=C(Nc1cccc(F)c1)c1ccc(-c2ccccc2)nn1. The number of halogens is 1. The highest BCUT2D eigenvalue weighted by Crippen LogP contribution is 2.16. The zero-order chi connectivity index (χ0) is 15.4. The Bertz CT molecular complexity index is 789. The van der Waals surface area contributed by atoms with Gasteiger partial charge in [0, 0.05) is 11.3 Å². The predicted octanol–water partition coefficient (Wildman–Crippen LogP) is 3.54. The molecule has 0 atom stereocenters. The molecule has 0 bridgehead atoms. The van der Waals surface area contributed by atoms with Gasteiger partial charge in [-0.2, -0.15) is 0 Å². The minimum Gasteiger partial charge on any atom is -0.320 e. The molecule has 0 fully saturated rings. The van der Waals surface area contributed by atoms with Crippen molar-refractivity contribution in [2.45, 2.75) is 0 Å². The van der Waals surface area contributed by atoms with Crippen LogP contribution in [0.2, 0.25) is 0 Å². The first-order chi connectivity index (χ1) is 10.7. The molecule has 0 aliphatic heterocycles. The molecule has 2 aromatic carbocycles. The molecule has 0 radical (unpaired) electrons. The van der Waals surface area contributed by atoms with E-state index in [2.05, 4.69) is 15.5 Å². The number of carbonyl (C=O) groups is 1. The van der Waals surface area contributed by atoms with E-state index in [9.17, 15) is 9.18 Å². The van der Waals surface area contributed by atoms with Crippen LogP contribution in [0.3, 0.4) is 0 Å². The van der Waals surface area contributed by atoms with Crippen LogP contribution in [0.25, 0.3) is 11.3 Å². The van der Waals surface area contributed by atoms with Crippen LogP contribution in [0, 0.1) is 5.82 Å². The molecule has 1 N–H and O–H groups in total. The first-order valence-electron chi connectivity index (χ1n) is 6.68. The van der Waals surface area contributed by atoms with Gasteiger partial charge in [0.15, 0.2) is 5.69 Å². The van der Waals surface area contributed by atoms with Crippen molar-refractivity contribution in [2.75, 3.05) is 5.32 Å². The van der Waals surface area contributed by atoms with Crippen LogP contribution >= 0.6 is 0 Å². The Morgan fingerprint density at radius 3 is 2.41 bits per heavy atom. The molecule has 22 heavy (non-hydrogen) atoms. The smallest absolute Gasteiger partial charge is 0.276 e. The highest BCUT2D eigenvalue weighted by molar-refractivity contribution is 6.02. The van der Waals surface area contributed by atoms with Crippen LogP contribution in [0.4, 0.5) is 10.1 Å². The molecule has 0 unspecified atom stereocenters. The number of amides is 1. The third-order valence-electron chi connectivity index (χ3n) is 3.05. The summed E-state index contributed by atoms with van der Waals surface area (Å²) in [7, 11) is 0. The maximum absolute atomic E-state index is 13.1. The van der Waals surface area contributed by atoms with E-state index in [-0.39, 0.29) is 5.69 Å². The summed E-state index contributed by atoms with van der Waals surface area (Å²) in [5.41, 5.74) is 2.15. The van der Waals surface area contributed by atoms with Crippen LogP contribution in [0.15, 0.2) is 66.7 Å². The number of nitrogens with zero attached hydrogens (tertiary/aromatic N) is 2. The molecule has 1 heterocycles. The van der Waals surface area contributed by atoms with Gasteiger partial charge in [0.25, 0.3) is 5.91 Å². The highest BCUT2D eigenvalue weighted by Gasteiger charge is 2.09. The Hall–Kier alpha value is -3.08. The second-order valence-corrected chi connectivity index (χ2v) is 4.63. The third-order valence-corrected chi connectivity index (χ3v) is 3.05. The summed E-state index contributed by atoms with van der Waals surface area (Å²) in [6.07, 6.45) is 0. The van der Waals surface area contributed by atoms with Gasteiger partial charge in [0.1, 0.15) is 5.82 Å². The van der Waals surface area contributed by atoms with E-state index in [0.717, 1.165) is 5.56 Å². The van der Waals surface area contributed by atoms with Crippen molar-refractivity contribution in [1.29, 1.82) is 0 Å². The van der Waals surface area contributed by atoms with E-state index in [1.54, 1.807) is 18.2 Å². The summed E-state index contributed by atoms with van der Waals surface area (Å²) >= 11 is 0. The number of rotatable bonds is 3. The fourth-order valence-electron chi connectivity index (χ4n) is 1.98. The fourth-order valence-corrected chi connectivity index (χ4v) is 1.98. The van der Waals surface area contributed by atoms with E-state index in [0.29, 0.717) is 11.4 Å². The summed E-state index contributed by atoms with van der Waals surface area (Å²) in [6, 6.07) is 18.5. The van der Waals surface area contributed by atoms with Gasteiger partial charge in [-0.25, -0.2) is 4.39 Å². The standard InChI is InChI=1S/C17H12FN3O/c18-13-7-4-8-14(11-13)19-17(22)16-10-9-15(20-21-16)12-5-2-1-3-6-12/h1-11H,(H,19,22). The Kier molecular flexibility index (Phi) is 3.87. The molecule has 4 nitrogen and oxygen atoms in total. The normalized spacial score (nSPS) is 10.2. The van der Waals surface area contributed by atoms with Crippen molar-refractivity contribution in [3.63, 3.8) is 0 Å². The van der Waals surface area contributed by atoms with Gasteiger partial charge < -0.3 is 5.32 Å². The number of hydrogen-bond donors (Lipinski definition) is 1. The van der Waals surface area contributed by atoms with Crippen LogP contribution < -0.4 is 5.32 Å². The molecule has 0 saturated heterocycles. The number of nitrogens with one attached hydrogen (secondary N) is 1. The molecule has 108 valence electrons. The second-order valence-electron chi connectivity index (χ2n) is 4.63. The van der Waals surface area contributed by atoms with Crippen LogP contribution in [0.5, 0.6) is 0 Å².